The van der Waals surface area contributed by atoms with E-state index in [0.717, 1.165) is 32.6 Å². The van der Waals surface area contributed by atoms with Crippen LogP contribution in [0.4, 0.5) is 0 Å². The van der Waals surface area contributed by atoms with E-state index in [2.05, 4.69) is 25.7 Å². The number of nitrogens with zero attached hydrogens (tertiary/aromatic N) is 2. The molecule has 1 heterocycles. The van der Waals surface area contributed by atoms with Crippen molar-refractivity contribution < 1.29 is 4.79 Å². The van der Waals surface area contributed by atoms with Gasteiger partial charge < -0.3 is 4.90 Å². The van der Waals surface area contributed by atoms with Crippen molar-refractivity contribution >= 4 is 5.91 Å². The molecule has 3 nitrogen and oxygen atoms in total. The zero-order chi connectivity index (χ0) is 15.0. The molecular formula is C17H34N2O. The minimum atomic E-state index is 0.232. The lowest BCUT2D eigenvalue weighted by Crippen LogP contribution is -2.48. The lowest BCUT2D eigenvalue weighted by atomic mass is 9.87. The highest BCUT2D eigenvalue weighted by atomic mass is 16.2. The number of amides is 1. The summed E-state index contributed by atoms with van der Waals surface area (Å²) in [6.45, 7) is 12.7. The normalized spacial score (nSPS) is 18.1. The number of hydrogen-bond donors (Lipinski definition) is 0. The Morgan fingerprint density at radius 1 is 1.00 bits per heavy atom. The minimum Gasteiger partial charge on any atom is -0.342 e. The van der Waals surface area contributed by atoms with Gasteiger partial charge in [-0.2, -0.15) is 0 Å². The van der Waals surface area contributed by atoms with E-state index in [0.29, 0.717) is 5.54 Å². The van der Waals surface area contributed by atoms with E-state index in [1.165, 1.54) is 38.5 Å². The minimum absolute atomic E-state index is 0.232. The summed E-state index contributed by atoms with van der Waals surface area (Å²) >= 11 is 0. The third kappa shape index (κ3) is 5.08. The number of hydrogen-bond acceptors (Lipinski definition) is 2. The van der Waals surface area contributed by atoms with E-state index in [-0.39, 0.29) is 5.91 Å². The average Bonchev–Trinajstić information content (AvgIpc) is 2.69. The second kappa shape index (κ2) is 8.66. The molecule has 1 fully saturated rings. The van der Waals surface area contributed by atoms with Crippen molar-refractivity contribution in [3.8, 4) is 0 Å². The van der Waals surface area contributed by atoms with E-state index in [1.54, 1.807) is 6.92 Å². The van der Waals surface area contributed by atoms with E-state index in [9.17, 15) is 4.79 Å². The average molecular weight is 282 g/mol. The molecule has 0 bridgehead atoms. The Labute approximate surface area is 125 Å². The molecule has 0 saturated carbocycles. The van der Waals surface area contributed by atoms with Gasteiger partial charge in [0.25, 0.3) is 0 Å². The molecule has 1 aliphatic rings. The van der Waals surface area contributed by atoms with Crippen molar-refractivity contribution in [1.82, 2.24) is 9.80 Å². The fourth-order valence-corrected chi connectivity index (χ4v) is 3.33. The molecule has 0 aromatic carbocycles. The molecule has 118 valence electrons. The van der Waals surface area contributed by atoms with Crippen molar-refractivity contribution in [2.75, 3.05) is 26.2 Å². The first-order valence-corrected chi connectivity index (χ1v) is 8.54. The van der Waals surface area contributed by atoms with Gasteiger partial charge >= 0.3 is 0 Å². The zero-order valence-electron chi connectivity index (χ0n) is 14.1. The summed E-state index contributed by atoms with van der Waals surface area (Å²) in [6.07, 6.45) is 8.88. The van der Waals surface area contributed by atoms with Gasteiger partial charge in [0.05, 0.1) is 0 Å². The van der Waals surface area contributed by atoms with Crippen LogP contribution in [0.5, 0.6) is 0 Å². The molecule has 0 spiro atoms. The van der Waals surface area contributed by atoms with Gasteiger partial charge in [0.15, 0.2) is 0 Å². The third-order valence-corrected chi connectivity index (χ3v) is 4.84. The molecule has 0 N–H and O–H groups in total. The smallest absolute Gasteiger partial charge is 0.219 e. The van der Waals surface area contributed by atoms with Crippen LogP contribution in [0.2, 0.25) is 0 Å². The largest absolute Gasteiger partial charge is 0.342 e. The number of unbranched alkanes of at least 4 members (excludes halogenated alkanes) is 2. The van der Waals surface area contributed by atoms with Gasteiger partial charge in [-0.05, 0) is 26.2 Å². The fourth-order valence-electron chi connectivity index (χ4n) is 3.33. The van der Waals surface area contributed by atoms with Crippen molar-refractivity contribution in [3.63, 3.8) is 0 Å². The maximum atomic E-state index is 11.6. The molecule has 0 atom stereocenters. The van der Waals surface area contributed by atoms with Crippen LogP contribution in [0.25, 0.3) is 0 Å². The summed E-state index contributed by atoms with van der Waals surface area (Å²) in [6, 6.07) is 0. The Morgan fingerprint density at radius 3 is 2.10 bits per heavy atom. The van der Waals surface area contributed by atoms with Crippen molar-refractivity contribution in [2.24, 2.45) is 0 Å². The summed E-state index contributed by atoms with van der Waals surface area (Å²) in [7, 11) is 0. The van der Waals surface area contributed by atoms with Crippen molar-refractivity contribution in [3.05, 3.63) is 0 Å². The topological polar surface area (TPSA) is 23.6 Å². The maximum Gasteiger partial charge on any atom is 0.219 e. The van der Waals surface area contributed by atoms with Crippen LogP contribution in [0, 0.1) is 0 Å². The van der Waals surface area contributed by atoms with Gasteiger partial charge in [-0.15, -0.1) is 0 Å². The first-order chi connectivity index (χ1) is 9.53. The first-order valence-electron chi connectivity index (χ1n) is 8.54. The van der Waals surface area contributed by atoms with Crippen LogP contribution in [0.3, 0.4) is 0 Å². The fraction of sp³-hybridized carbons (Fsp3) is 0.941. The van der Waals surface area contributed by atoms with Gasteiger partial charge in [-0.1, -0.05) is 39.5 Å². The predicted molar refractivity (Wildman–Crippen MR) is 85.9 cm³/mol. The monoisotopic (exact) mass is 282 g/mol. The van der Waals surface area contributed by atoms with Crippen LogP contribution in [-0.4, -0.2) is 47.4 Å². The lowest BCUT2D eigenvalue weighted by molar-refractivity contribution is -0.128. The van der Waals surface area contributed by atoms with Gasteiger partial charge in [-0.3, -0.25) is 9.69 Å². The quantitative estimate of drug-likeness (QED) is 0.711. The molecule has 1 aliphatic heterocycles. The van der Waals surface area contributed by atoms with E-state index in [1.807, 2.05) is 4.90 Å². The summed E-state index contributed by atoms with van der Waals surface area (Å²) in [4.78, 5) is 16.2. The van der Waals surface area contributed by atoms with Gasteiger partial charge in [0.2, 0.25) is 5.91 Å². The molecule has 3 heteroatoms. The number of carbonyl (C=O) groups excluding carboxylic acids is 1. The second-order valence-corrected chi connectivity index (χ2v) is 6.55. The van der Waals surface area contributed by atoms with Gasteiger partial charge in [-0.25, -0.2) is 0 Å². The highest BCUT2D eigenvalue weighted by Gasteiger charge is 2.32. The molecule has 1 saturated heterocycles. The Morgan fingerprint density at radius 2 is 1.60 bits per heavy atom. The van der Waals surface area contributed by atoms with E-state index in [4.69, 9.17) is 0 Å². The predicted octanol–water partition coefficient (Wildman–Crippen LogP) is 3.68. The molecule has 0 radical (unpaired) electrons. The van der Waals surface area contributed by atoms with E-state index >= 15 is 0 Å². The van der Waals surface area contributed by atoms with Crippen LogP contribution < -0.4 is 0 Å². The highest BCUT2D eigenvalue weighted by molar-refractivity contribution is 5.73. The number of rotatable bonds is 7. The Hall–Kier alpha value is -0.570. The Balaban J connectivity index is 2.66. The second-order valence-electron chi connectivity index (χ2n) is 6.55. The molecule has 1 rings (SSSR count). The van der Waals surface area contributed by atoms with E-state index < -0.39 is 0 Å². The van der Waals surface area contributed by atoms with Crippen LogP contribution in [0.1, 0.15) is 72.6 Å². The molecule has 1 amide bonds. The van der Waals surface area contributed by atoms with Crippen LogP contribution >= 0.6 is 0 Å². The maximum absolute atomic E-state index is 11.6. The Kier molecular flexibility index (Phi) is 7.57. The standard InChI is InChI=1S/C17H34N2O/c1-5-7-10-17(4,11-8-6-2)19-13-9-12-18(14-15-19)16(3)20/h5-15H2,1-4H3. The van der Waals surface area contributed by atoms with Crippen LogP contribution in [-0.2, 0) is 4.79 Å². The molecule has 0 aromatic rings. The van der Waals surface area contributed by atoms with Crippen molar-refractivity contribution in [1.29, 1.82) is 0 Å². The molecule has 0 aromatic heterocycles. The third-order valence-electron chi connectivity index (χ3n) is 4.84. The SMILES string of the molecule is CCCCC(C)(CCCC)N1CCCN(C(C)=O)CC1. The molecule has 20 heavy (non-hydrogen) atoms. The molecular weight excluding hydrogens is 248 g/mol. The van der Waals surface area contributed by atoms with Crippen LogP contribution in [0.15, 0.2) is 0 Å². The summed E-state index contributed by atoms with van der Waals surface area (Å²) in [5, 5.41) is 0. The van der Waals surface area contributed by atoms with Gasteiger partial charge in [0, 0.05) is 38.6 Å². The molecule has 0 aliphatic carbocycles. The summed E-state index contributed by atoms with van der Waals surface area (Å²) in [5.41, 5.74) is 0.332. The van der Waals surface area contributed by atoms with Gasteiger partial charge in [0.1, 0.15) is 0 Å². The summed E-state index contributed by atoms with van der Waals surface area (Å²) in [5.74, 6) is 0.232. The highest BCUT2D eigenvalue weighted by Crippen LogP contribution is 2.29. The molecule has 0 unspecified atom stereocenters. The number of carbonyl (C=O) groups is 1. The van der Waals surface area contributed by atoms with Crippen molar-refractivity contribution in [2.45, 2.75) is 78.2 Å². The lowest BCUT2D eigenvalue weighted by Gasteiger charge is -2.41. The Bertz CT molecular complexity index is 283. The summed E-state index contributed by atoms with van der Waals surface area (Å²) < 4.78 is 0. The first kappa shape index (κ1) is 17.5. The zero-order valence-corrected chi connectivity index (χ0v) is 14.1.